The van der Waals surface area contributed by atoms with Crippen LogP contribution in [0, 0.1) is 6.92 Å². The number of carbonyl (C=O) groups excluding carboxylic acids is 1. The Labute approximate surface area is 143 Å². The summed E-state index contributed by atoms with van der Waals surface area (Å²) in [5, 5.41) is 11.8. The average Bonchev–Trinajstić information content (AvgIpc) is 3.34. The smallest absolute Gasteiger partial charge is 0.247 e. The first-order chi connectivity index (χ1) is 12.2. The lowest BCUT2D eigenvalue weighted by Gasteiger charge is -2.07. The van der Waals surface area contributed by atoms with E-state index in [-0.39, 0.29) is 12.5 Å². The van der Waals surface area contributed by atoms with Crippen molar-refractivity contribution in [2.45, 2.75) is 20.0 Å². The second kappa shape index (κ2) is 6.27. The predicted octanol–water partition coefficient (Wildman–Crippen LogP) is 2.91. The number of hydrogen-bond donors (Lipinski definition) is 1. The van der Waals surface area contributed by atoms with Crippen molar-refractivity contribution < 1.29 is 13.6 Å². The Morgan fingerprint density at radius 3 is 2.92 bits per heavy atom. The van der Waals surface area contributed by atoms with E-state index in [1.165, 1.54) is 0 Å². The molecule has 1 amide bonds. The van der Waals surface area contributed by atoms with Crippen LogP contribution >= 0.6 is 0 Å². The Bertz CT molecular complexity index is 1010. The van der Waals surface area contributed by atoms with Crippen LogP contribution in [0.1, 0.15) is 11.7 Å². The zero-order valence-electron chi connectivity index (χ0n) is 13.6. The minimum absolute atomic E-state index is 0.0899. The van der Waals surface area contributed by atoms with Gasteiger partial charge in [0.05, 0.1) is 12.8 Å². The van der Waals surface area contributed by atoms with Gasteiger partial charge in [-0.25, -0.2) is 0 Å². The molecule has 0 atom stereocenters. The van der Waals surface area contributed by atoms with Gasteiger partial charge in [0.2, 0.25) is 17.7 Å². The third kappa shape index (κ3) is 3.16. The van der Waals surface area contributed by atoms with Crippen molar-refractivity contribution in [1.29, 1.82) is 0 Å². The first kappa shape index (κ1) is 15.2. The largest absolute Gasteiger partial charge is 0.467 e. The highest BCUT2D eigenvalue weighted by atomic mass is 16.4. The van der Waals surface area contributed by atoms with E-state index in [9.17, 15) is 4.79 Å². The molecule has 1 aromatic carbocycles. The quantitative estimate of drug-likeness (QED) is 0.605. The number of carbonyl (C=O) groups is 1. The van der Waals surface area contributed by atoms with E-state index < -0.39 is 0 Å². The minimum Gasteiger partial charge on any atom is -0.467 e. The first-order valence-corrected chi connectivity index (χ1v) is 7.87. The number of fused-ring (bicyclic) bond motifs is 1. The van der Waals surface area contributed by atoms with E-state index in [0.29, 0.717) is 18.3 Å². The number of aryl methyl sites for hydroxylation is 1. The summed E-state index contributed by atoms with van der Waals surface area (Å²) in [6.07, 6.45) is 3.47. The van der Waals surface area contributed by atoms with Gasteiger partial charge < -0.3 is 18.7 Å². The van der Waals surface area contributed by atoms with Gasteiger partial charge in [0.25, 0.3) is 0 Å². The number of benzene rings is 1. The van der Waals surface area contributed by atoms with Crippen molar-refractivity contribution >= 4 is 16.8 Å². The van der Waals surface area contributed by atoms with Gasteiger partial charge in [0.15, 0.2) is 0 Å². The van der Waals surface area contributed by atoms with Gasteiger partial charge in [-0.05, 0) is 35.7 Å². The summed E-state index contributed by atoms with van der Waals surface area (Å²) >= 11 is 0. The summed E-state index contributed by atoms with van der Waals surface area (Å²) in [6, 6.07) is 11.4. The van der Waals surface area contributed by atoms with Gasteiger partial charge in [-0.1, -0.05) is 6.07 Å². The van der Waals surface area contributed by atoms with Crippen molar-refractivity contribution in [1.82, 2.24) is 20.1 Å². The van der Waals surface area contributed by atoms with Crippen LogP contribution in [0.3, 0.4) is 0 Å². The molecule has 0 spiro atoms. The molecule has 1 N–H and O–H groups in total. The van der Waals surface area contributed by atoms with Gasteiger partial charge in [-0.15, -0.1) is 10.2 Å². The molecule has 4 rings (SSSR count). The normalized spacial score (nSPS) is 11.1. The SMILES string of the molecule is Cc1nnc(-c2ccc3ccn(CC(=O)NCc4ccco4)c3c2)o1. The Morgan fingerprint density at radius 2 is 2.16 bits per heavy atom. The summed E-state index contributed by atoms with van der Waals surface area (Å²) in [6.45, 7) is 2.34. The number of nitrogens with one attached hydrogen (secondary N) is 1. The predicted molar refractivity (Wildman–Crippen MR) is 90.5 cm³/mol. The molecule has 0 saturated heterocycles. The monoisotopic (exact) mass is 336 g/mol. The van der Waals surface area contributed by atoms with Crippen LogP contribution in [-0.4, -0.2) is 20.7 Å². The molecule has 0 saturated carbocycles. The molecule has 0 unspecified atom stereocenters. The third-order valence-corrected chi connectivity index (χ3v) is 3.90. The molecule has 4 aromatic rings. The number of aromatic nitrogens is 3. The maximum absolute atomic E-state index is 12.2. The van der Waals surface area contributed by atoms with Crippen LogP contribution in [0.4, 0.5) is 0 Å². The number of amides is 1. The highest BCUT2D eigenvalue weighted by Crippen LogP contribution is 2.24. The highest BCUT2D eigenvalue weighted by molar-refractivity contribution is 5.86. The number of nitrogens with zero attached hydrogens (tertiary/aromatic N) is 3. The van der Waals surface area contributed by atoms with E-state index in [1.54, 1.807) is 19.3 Å². The van der Waals surface area contributed by atoms with Crippen molar-refractivity contribution in [3.63, 3.8) is 0 Å². The lowest BCUT2D eigenvalue weighted by Crippen LogP contribution is -2.26. The van der Waals surface area contributed by atoms with Gasteiger partial charge in [-0.2, -0.15) is 0 Å². The summed E-state index contributed by atoms with van der Waals surface area (Å²) in [5.41, 5.74) is 1.76. The molecular formula is C18H16N4O3. The Hall–Kier alpha value is -3.35. The molecule has 0 radical (unpaired) electrons. The zero-order chi connectivity index (χ0) is 17.2. The topological polar surface area (TPSA) is 86.1 Å². The number of furan rings is 1. The molecule has 0 bridgehead atoms. The highest BCUT2D eigenvalue weighted by Gasteiger charge is 2.11. The molecule has 0 fully saturated rings. The summed E-state index contributed by atoms with van der Waals surface area (Å²) in [7, 11) is 0. The second-order valence-electron chi connectivity index (χ2n) is 5.70. The fourth-order valence-corrected chi connectivity index (χ4v) is 2.68. The molecule has 126 valence electrons. The molecule has 7 heteroatoms. The summed E-state index contributed by atoms with van der Waals surface area (Å²) < 4.78 is 12.6. The van der Waals surface area contributed by atoms with E-state index >= 15 is 0 Å². The van der Waals surface area contributed by atoms with Crippen molar-refractivity contribution in [2.75, 3.05) is 0 Å². The van der Waals surface area contributed by atoms with Gasteiger partial charge in [0.1, 0.15) is 12.3 Å². The fraction of sp³-hybridized carbons (Fsp3) is 0.167. The van der Waals surface area contributed by atoms with E-state index in [2.05, 4.69) is 15.5 Å². The summed E-state index contributed by atoms with van der Waals surface area (Å²) in [4.78, 5) is 12.2. The third-order valence-electron chi connectivity index (χ3n) is 3.90. The van der Waals surface area contributed by atoms with E-state index in [1.807, 2.05) is 41.1 Å². The average molecular weight is 336 g/mol. The minimum atomic E-state index is -0.0899. The second-order valence-corrected chi connectivity index (χ2v) is 5.70. The molecular weight excluding hydrogens is 320 g/mol. The number of rotatable bonds is 5. The summed E-state index contributed by atoms with van der Waals surface area (Å²) in [5.74, 6) is 1.62. The maximum Gasteiger partial charge on any atom is 0.247 e. The molecule has 0 aliphatic heterocycles. The molecule has 7 nitrogen and oxygen atoms in total. The van der Waals surface area contributed by atoms with Crippen molar-refractivity contribution in [2.24, 2.45) is 0 Å². The van der Waals surface area contributed by atoms with Crippen LogP contribution in [-0.2, 0) is 17.9 Å². The van der Waals surface area contributed by atoms with Gasteiger partial charge >= 0.3 is 0 Å². The van der Waals surface area contributed by atoms with Crippen molar-refractivity contribution in [3.8, 4) is 11.5 Å². The van der Waals surface area contributed by atoms with Crippen LogP contribution in [0.25, 0.3) is 22.4 Å². The first-order valence-electron chi connectivity index (χ1n) is 7.87. The van der Waals surface area contributed by atoms with Crippen LogP contribution in [0.5, 0.6) is 0 Å². The zero-order valence-corrected chi connectivity index (χ0v) is 13.6. The Kier molecular flexibility index (Phi) is 3.81. The molecule has 25 heavy (non-hydrogen) atoms. The van der Waals surface area contributed by atoms with Crippen LogP contribution in [0.15, 0.2) is 57.7 Å². The van der Waals surface area contributed by atoms with Crippen LogP contribution in [0.2, 0.25) is 0 Å². The molecule has 0 aliphatic carbocycles. The van der Waals surface area contributed by atoms with Crippen LogP contribution < -0.4 is 5.32 Å². The lowest BCUT2D eigenvalue weighted by molar-refractivity contribution is -0.121. The van der Waals surface area contributed by atoms with E-state index in [0.717, 1.165) is 22.2 Å². The van der Waals surface area contributed by atoms with E-state index in [4.69, 9.17) is 8.83 Å². The Balaban J connectivity index is 1.54. The standard InChI is InChI=1S/C18H16N4O3/c1-12-20-21-18(25-12)14-5-4-13-6-7-22(16(13)9-14)11-17(23)19-10-15-3-2-8-24-15/h2-9H,10-11H2,1H3,(H,19,23). The van der Waals surface area contributed by atoms with Gasteiger partial charge in [0, 0.05) is 24.2 Å². The number of hydrogen-bond acceptors (Lipinski definition) is 5. The Morgan fingerprint density at radius 1 is 1.24 bits per heavy atom. The molecule has 3 aromatic heterocycles. The maximum atomic E-state index is 12.2. The van der Waals surface area contributed by atoms with Crippen molar-refractivity contribution in [3.05, 3.63) is 60.5 Å². The lowest BCUT2D eigenvalue weighted by atomic mass is 10.1. The van der Waals surface area contributed by atoms with Gasteiger partial charge in [-0.3, -0.25) is 4.79 Å². The fourth-order valence-electron chi connectivity index (χ4n) is 2.68. The molecule has 3 heterocycles. The molecule has 0 aliphatic rings.